The summed E-state index contributed by atoms with van der Waals surface area (Å²) in [5, 5.41) is 8.38. The van der Waals surface area contributed by atoms with Gasteiger partial charge < -0.3 is 9.64 Å². The van der Waals surface area contributed by atoms with E-state index in [0.717, 1.165) is 16.6 Å². The molecule has 1 saturated heterocycles. The van der Waals surface area contributed by atoms with E-state index in [-0.39, 0.29) is 12.0 Å². The minimum absolute atomic E-state index is 0.0629. The van der Waals surface area contributed by atoms with Crippen LogP contribution in [0.4, 0.5) is 0 Å². The van der Waals surface area contributed by atoms with E-state index in [1.165, 1.54) is 0 Å². The highest BCUT2D eigenvalue weighted by Gasteiger charge is 2.22. The van der Waals surface area contributed by atoms with Crippen molar-refractivity contribution >= 4 is 16.9 Å². The van der Waals surface area contributed by atoms with Gasteiger partial charge in [0.05, 0.1) is 24.8 Å². The zero-order valence-corrected chi connectivity index (χ0v) is 14.1. The smallest absolute Gasteiger partial charge is 0.254 e. The van der Waals surface area contributed by atoms with Gasteiger partial charge >= 0.3 is 0 Å². The summed E-state index contributed by atoms with van der Waals surface area (Å²) >= 11 is 0. The SMILES string of the molecule is C[C@H]1CN(C(=O)c2ccc(Cn3nnc4ccccc43)cc2)CCO1. The molecule has 2 aromatic carbocycles. The number of fused-ring (bicyclic) bond motifs is 1. The van der Waals surface area contributed by atoms with Crippen LogP contribution in [-0.2, 0) is 11.3 Å². The quantitative estimate of drug-likeness (QED) is 0.737. The van der Waals surface area contributed by atoms with Crippen LogP contribution in [0.15, 0.2) is 48.5 Å². The van der Waals surface area contributed by atoms with Gasteiger partial charge in [-0.15, -0.1) is 5.10 Å². The number of nitrogens with zero attached hydrogens (tertiary/aromatic N) is 4. The lowest BCUT2D eigenvalue weighted by molar-refractivity contribution is -0.0124. The summed E-state index contributed by atoms with van der Waals surface area (Å²) in [7, 11) is 0. The van der Waals surface area contributed by atoms with Gasteiger partial charge in [0, 0.05) is 18.7 Å². The number of hydrogen-bond donors (Lipinski definition) is 0. The third kappa shape index (κ3) is 3.25. The number of ether oxygens (including phenoxy) is 1. The molecule has 1 aromatic heterocycles. The fourth-order valence-corrected chi connectivity index (χ4v) is 3.15. The van der Waals surface area contributed by atoms with Crippen LogP contribution >= 0.6 is 0 Å². The van der Waals surface area contributed by atoms with Crippen molar-refractivity contribution in [1.29, 1.82) is 0 Å². The summed E-state index contributed by atoms with van der Waals surface area (Å²) in [5.74, 6) is 0.0629. The van der Waals surface area contributed by atoms with E-state index in [9.17, 15) is 4.79 Å². The number of carbonyl (C=O) groups excluding carboxylic acids is 1. The fraction of sp³-hybridized carbons (Fsp3) is 0.316. The highest BCUT2D eigenvalue weighted by Crippen LogP contribution is 2.15. The van der Waals surface area contributed by atoms with Gasteiger partial charge in [0.2, 0.25) is 0 Å². The minimum atomic E-state index is 0.0629. The number of rotatable bonds is 3. The molecular weight excluding hydrogens is 316 g/mol. The summed E-state index contributed by atoms with van der Waals surface area (Å²) in [6.07, 6.45) is 0.0950. The average molecular weight is 336 g/mol. The summed E-state index contributed by atoms with van der Waals surface area (Å²) < 4.78 is 7.37. The van der Waals surface area contributed by atoms with Crippen molar-refractivity contribution in [2.45, 2.75) is 19.6 Å². The van der Waals surface area contributed by atoms with E-state index in [1.807, 2.05) is 65.0 Å². The van der Waals surface area contributed by atoms with Crippen LogP contribution in [0.2, 0.25) is 0 Å². The number of benzene rings is 2. The Balaban J connectivity index is 1.49. The van der Waals surface area contributed by atoms with Crippen molar-refractivity contribution in [3.8, 4) is 0 Å². The lowest BCUT2D eigenvalue weighted by Crippen LogP contribution is -2.44. The first-order chi connectivity index (χ1) is 12.2. The molecule has 4 rings (SSSR count). The van der Waals surface area contributed by atoms with Gasteiger partial charge in [0.25, 0.3) is 5.91 Å². The normalized spacial score (nSPS) is 17.8. The molecule has 0 bridgehead atoms. The molecule has 0 radical (unpaired) electrons. The molecule has 1 aliphatic heterocycles. The van der Waals surface area contributed by atoms with Crippen molar-refractivity contribution in [2.24, 2.45) is 0 Å². The van der Waals surface area contributed by atoms with Gasteiger partial charge in [-0.1, -0.05) is 29.5 Å². The Hall–Kier alpha value is -2.73. The van der Waals surface area contributed by atoms with Crippen LogP contribution in [0, 0.1) is 0 Å². The van der Waals surface area contributed by atoms with E-state index in [1.54, 1.807) is 0 Å². The maximum atomic E-state index is 12.6. The Bertz CT molecular complexity index is 888. The molecule has 0 aliphatic carbocycles. The number of para-hydroxylation sites is 1. The second kappa shape index (κ2) is 6.64. The molecular formula is C19H20N4O2. The van der Waals surface area contributed by atoms with Crippen molar-refractivity contribution in [3.05, 3.63) is 59.7 Å². The van der Waals surface area contributed by atoms with Crippen molar-refractivity contribution in [2.75, 3.05) is 19.7 Å². The molecule has 3 aromatic rings. The molecule has 128 valence electrons. The Morgan fingerprint density at radius 1 is 1.20 bits per heavy atom. The van der Waals surface area contributed by atoms with Crippen LogP contribution in [0.25, 0.3) is 11.0 Å². The maximum absolute atomic E-state index is 12.6. The number of aromatic nitrogens is 3. The molecule has 0 N–H and O–H groups in total. The second-order valence-corrected chi connectivity index (χ2v) is 6.37. The minimum Gasteiger partial charge on any atom is -0.375 e. The number of morpholine rings is 1. The number of carbonyl (C=O) groups is 1. The largest absolute Gasteiger partial charge is 0.375 e. The summed E-state index contributed by atoms with van der Waals surface area (Å²) in [4.78, 5) is 14.4. The van der Waals surface area contributed by atoms with Gasteiger partial charge in [-0.2, -0.15) is 0 Å². The predicted octanol–water partition coefficient (Wildman–Crippen LogP) is 2.34. The summed E-state index contributed by atoms with van der Waals surface area (Å²) in [6, 6.07) is 15.6. The first-order valence-corrected chi connectivity index (χ1v) is 8.49. The zero-order valence-electron chi connectivity index (χ0n) is 14.1. The maximum Gasteiger partial charge on any atom is 0.254 e. The topological polar surface area (TPSA) is 60.2 Å². The highest BCUT2D eigenvalue weighted by atomic mass is 16.5. The van der Waals surface area contributed by atoms with Gasteiger partial charge in [0.1, 0.15) is 5.52 Å². The first kappa shape index (κ1) is 15.8. The molecule has 1 aliphatic rings. The van der Waals surface area contributed by atoms with Gasteiger partial charge in [-0.3, -0.25) is 4.79 Å². The second-order valence-electron chi connectivity index (χ2n) is 6.37. The van der Waals surface area contributed by atoms with Gasteiger partial charge in [0.15, 0.2) is 0 Å². The third-order valence-electron chi connectivity index (χ3n) is 4.48. The average Bonchev–Trinajstić information content (AvgIpc) is 3.05. The summed E-state index contributed by atoms with van der Waals surface area (Å²) in [5.41, 5.74) is 3.68. The molecule has 1 amide bonds. The molecule has 25 heavy (non-hydrogen) atoms. The summed E-state index contributed by atoms with van der Waals surface area (Å²) in [6.45, 7) is 4.51. The monoisotopic (exact) mass is 336 g/mol. The van der Waals surface area contributed by atoms with E-state index in [0.29, 0.717) is 31.8 Å². The lowest BCUT2D eigenvalue weighted by Gasteiger charge is -2.31. The van der Waals surface area contributed by atoms with Crippen LogP contribution < -0.4 is 0 Å². The molecule has 0 unspecified atom stereocenters. The Morgan fingerprint density at radius 3 is 2.80 bits per heavy atom. The molecule has 1 fully saturated rings. The molecule has 6 nitrogen and oxygen atoms in total. The molecule has 6 heteroatoms. The van der Waals surface area contributed by atoms with Crippen LogP contribution in [0.5, 0.6) is 0 Å². The van der Waals surface area contributed by atoms with E-state index < -0.39 is 0 Å². The lowest BCUT2D eigenvalue weighted by atomic mass is 10.1. The van der Waals surface area contributed by atoms with Gasteiger partial charge in [-0.25, -0.2) is 4.68 Å². The Labute approximate surface area is 146 Å². The van der Waals surface area contributed by atoms with Gasteiger partial charge in [-0.05, 0) is 36.8 Å². The fourth-order valence-electron chi connectivity index (χ4n) is 3.15. The highest BCUT2D eigenvalue weighted by molar-refractivity contribution is 5.94. The Kier molecular flexibility index (Phi) is 4.19. The van der Waals surface area contributed by atoms with Crippen LogP contribution in [-0.4, -0.2) is 51.6 Å². The molecule has 2 heterocycles. The third-order valence-corrected chi connectivity index (χ3v) is 4.48. The van der Waals surface area contributed by atoms with E-state index >= 15 is 0 Å². The van der Waals surface area contributed by atoms with Crippen molar-refractivity contribution < 1.29 is 9.53 Å². The number of amides is 1. The van der Waals surface area contributed by atoms with Crippen molar-refractivity contribution in [3.63, 3.8) is 0 Å². The van der Waals surface area contributed by atoms with E-state index in [4.69, 9.17) is 4.74 Å². The molecule has 0 spiro atoms. The first-order valence-electron chi connectivity index (χ1n) is 8.49. The molecule has 1 atom stereocenters. The predicted molar refractivity (Wildman–Crippen MR) is 94.4 cm³/mol. The van der Waals surface area contributed by atoms with Crippen LogP contribution in [0.1, 0.15) is 22.8 Å². The van der Waals surface area contributed by atoms with Crippen molar-refractivity contribution in [1.82, 2.24) is 19.9 Å². The number of hydrogen-bond acceptors (Lipinski definition) is 4. The standard InChI is InChI=1S/C19H20N4O2/c1-14-12-22(10-11-25-14)19(24)16-8-6-15(7-9-16)13-23-18-5-3-2-4-17(18)20-21-23/h2-9,14H,10-13H2,1H3/t14-/m0/s1. The Morgan fingerprint density at radius 2 is 2.00 bits per heavy atom. The molecule has 0 saturated carbocycles. The van der Waals surface area contributed by atoms with Crippen LogP contribution in [0.3, 0.4) is 0 Å². The zero-order chi connectivity index (χ0) is 17.2. The van der Waals surface area contributed by atoms with E-state index in [2.05, 4.69) is 10.3 Å².